The molecule has 8 nitrogen and oxygen atoms in total. The molecule has 2 heterocycles. The number of nitrogens with one attached hydrogen (secondary N) is 1. The molecule has 0 aliphatic carbocycles. The average molecular weight is 323 g/mol. The van der Waals surface area contributed by atoms with Gasteiger partial charge in [-0.1, -0.05) is 0 Å². The molecule has 1 aliphatic heterocycles. The number of nitrogens with zero attached hydrogens (tertiary/aromatic N) is 4. The molecule has 1 atom stereocenters. The number of ether oxygens (including phenoxy) is 1. The summed E-state index contributed by atoms with van der Waals surface area (Å²) in [7, 11) is 1.50. The molecule has 0 bridgehead atoms. The van der Waals surface area contributed by atoms with Crippen molar-refractivity contribution in [3.05, 3.63) is 11.6 Å². The van der Waals surface area contributed by atoms with Gasteiger partial charge in [-0.15, -0.1) is 0 Å². The summed E-state index contributed by atoms with van der Waals surface area (Å²) in [5.41, 5.74) is 0. The normalized spacial score (nSPS) is 18.0. The molecule has 0 unspecified atom stereocenters. The number of hydrogen-bond acceptors (Lipinski definition) is 5. The zero-order valence-corrected chi connectivity index (χ0v) is 14.0. The lowest BCUT2D eigenvalue weighted by Gasteiger charge is -2.31. The zero-order valence-electron chi connectivity index (χ0n) is 14.0. The quantitative estimate of drug-likeness (QED) is 0.789. The highest BCUT2D eigenvalue weighted by atomic mass is 16.5. The van der Waals surface area contributed by atoms with E-state index in [9.17, 15) is 9.59 Å². The summed E-state index contributed by atoms with van der Waals surface area (Å²) in [4.78, 5) is 30.1. The number of aromatic nitrogens is 3. The van der Waals surface area contributed by atoms with Gasteiger partial charge in [-0.25, -0.2) is 9.67 Å². The third kappa shape index (κ3) is 4.75. The van der Waals surface area contributed by atoms with Gasteiger partial charge in [-0.05, 0) is 26.7 Å². The fourth-order valence-electron chi connectivity index (χ4n) is 2.83. The summed E-state index contributed by atoms with van der Waals surface area (Å²) in [5, 5.41) is 7.19. The molecule has 2 amide bonds. The van der Waals surface area contributed by atoms with Crippen LogP contribution in [0.15, 0.2) is 0 Å². The van der Waals surface area contributed by atoms with E-state index >= 15 is 0 Å². The summed E-state index contributed by atoms with van der Waals surface area (Å²) in [6.45, 7) is 6.07. The fourth-order valence-corrected chi connectivity index (χ4v) is 2.83. The summed E-state index contributed by atoms with van der Waals surface area (Å²) in [6.07, 6.45) is 1.65. The minimum atomic E-state index is -0.150. The predicted molar refractivity (Wildman–Crippen MR) is 83.7 cm³/mol. The maximum atomic E-state index is 12.3. The minimum Gasteiger partial charge on any atom is -0.375 e. The van der Waals surface area contributed by atoms with Gasteiger partial charge < -0.3 is 15.0 Å². The van der Waals surface area contributed by atoms with E-state index in [0.29, 0.717) is 26.2 Å². The van der Waals surface area contributed by atoms with Crippen LogP contribution in [-0.2, 0) is 20.9 Å². The maximum Gasteiger partial charge on any atom is 0.248 e. The first-order valence-electron chi connectivity index (χ1n) is 7.93. The van der Waals surface area contributed by atoms with E-state index in [2.05, 4.69) is 15.4 Å². The van der Waals surface area contributed by atoms with Crippen molar-refractivity contribution in [2.45, 2.75) is 33.2 Å². The molecular weight excluding hydrogens is 298 g/mol. The smallest absolute Gasteiger partial charge is 0.248 e. The van der Waals surface area contributed by atoms with Gasteiger partial charge in [0, 0.05) is 26.7 Å². The molecular formula is C15H25N5O3. The van der Waals surface area contributed by atoms with Gasteiger partial charge in [0.2, 0.25) is 11.8 Å². The van der Waals surface area contributed by atoms with Crippen LogP contribution in [0.2, 0.25) is 0 Å². The van der Waals surface area contributed by atoms with E-state index in [-0.39, 0.29) is 24.3 Å². The lowest BCUT2D eigenvalue weighted by atomic mass is 9.97. The van der Waals surface area contributed by atoms with E-state index in [1.165, 1.54) is 7.11 Å². The topological polar surface area (TPSA) is 89.4 Å². The molecule has 8 heteroatoms. The molecule has 1 N–H and O–H groups in total. The van der Waals surface area contributed by atoms with E-state index in [1.807, 2.05) is 13.8 Å². The molecule has 0 radical (unpaired) electrons. The van der Waals surface area contributed by atoms with Crippen molar-refractivity contribution in [3.63, 3.8) is 0 Å². The first-order valence-corrected chi connectivity index (χ1v) is 7.93. The van der Waals surface area contributed by atoms with Crippen LogP contribution in [0.25, 0.3) is 0 Å². The number of piperidine rings is 1. The molecule has 128 valence electrons. The molecule has 0 spiro atoms. The SMILES string of the molecule is COCC(=O)N1CCC[C@H](C(=O)NCCn2nc(C)nc2C)C1. The van der Waals surface area contributed by atoms with Crippen molar-refractivity contribution in [2.75, 3.05) is 33.4 Å². The number of amides is 2. The largest absolute Gasteiger partial charge is 0.375 e. The van der Waals surface area contributed by atoms with Crippen LogP contribution >= 0.6 is 0 Å². The van der Waals surface area contributed by atoms with Crippen molar-refractivity contribution in [1.29, 1.82) is 0 Å². The maximum absolute atomic E-state index is 12.3. The second-order valence-electron chi connectivity index (χ2n) is 5.83. The van der Waals surface area contributed by atoms with Crippen LogP contribution in [0.4, 0.5) is 0 Å². The van der Waals surface area contributed by atoms with Crippen molar-refractivity contribution < 1.29 is 14.3 Å². The van der Waals surface area contributed by atoms with Gasteiger partial charge in [-0.3, -0.25) is 9.59 Å². The number of aryl methyl sites for hydroxylation is 2. The Morgan fingerprint density at radius 1 is 1.39 bits per heavy atom. The average Bonchev–Trinajstić information content (AvgIpc) is 2.85. The van der Waals surface area contributed by atoms with Gasteiger partial charge in [0.05, 0.1) is 12.5 Å². The minimum absolute atomic E-state index is 0.00518. The lowest BCUT2D eigenvalue weighted by molar-refractivity contribution is -0.138. The first-order chi connectivity index (χ1) is 11.0. The molecule has 23 heavy (non-hydrogen) atoms. The third-order valence-corrected chi connectivity index (χ3v) is 4.00. The summed E-state index contributed by atoms with van der Waals surface area (Å²) in [5.74, 6) is 1.36. The summed E-state index contributed by atoms with van der Waals surface area (Å²) < 4.78 is 6.65. The zero-order chi connectivity index (χ0) is 16.8. The monoisotopic (exact) mass is 323 g/mol. The second-order valence-corrected chi connectivity index (χ2v) is 5.83. The molecule has 1 fully saturated rings. The van der Waals surface area contributed by atoms with Crippen molar-refractivity contribution in [2.24, 2.45) is 5.92 Å². The van der Waals surface area contributed by atoms with Crippen molar-refractivity contribution in [1.82, 2.24) is 25.0 Å². The Morgan fingerprint density at radius 2 is 2.17 bits per heavy atom. The Bertz CT molecular complexity index is 557. The summed E-state index contributed by atoms with van der Waals surface area (Å²) in [6, 6.07) is 0. The Labute approximate surface area is 136 Å². The van der Waals surface area contributed by atoms with E-state index in [1.54, 1.807) is 9.58 Å². The van der Waals surface area contributed by atoms with Crippen LogP contribution in [0.5, 0.6) is 0 Å². The third-order valence-electron chi connectivity index (χ3n) is 4.00. The number of likely N-dealkylation sites (tertiary alicyclic amines) is 1. The molecule has 1 aromatic rings. The van der Waals surface area contributed by atoms with Gasteiger partial charge in [0.25, 0.3) is 0 Å². The van der Waals surface area contributed by atoms with Crippen molar-refractivity contribution in [3.8, 4) is 0 Å². The summed E-state index contributed by atoms with van der Waals surface area (Å²) >= 11 is 0. The first kappa shape index (κ1) is 17.4. The molecule has 1 aliphatic rings. The van der Waals surface area contributed by atoms with E-state index in [4.69, 9.17) is 4.74 Å². The molecule has 2 rings (SSSR count). The highest BCUT2D eigenvalue weighted by molar-refractivity contribution is 5.81. The lowest BCUT2D eigenvalue weighted by Crippen LogP contribution is -2.46. The fraction of sp³-hybridized carbons (Fsp3) is 0.733. The number of rotatable bonds is 6. The van der Waals surface area contributed by atoms with Gasteiger partial charge in [0.15, 0.2) is 0 Å². The molecule has 0 aromatic carbocycles. The Kier molecular flexibility index (Phi) is 6.09. The van der Waals surface area contributed by atoms with Crippen LogP contribution in [-0.4, -0.2) is 64.8 Å². The second kappa shape index (κ2) is 8.05. The number of methoxy groups -OCH3 is 1. The van der Waals surface area contributed by atoms with Crippen LogP contribution in [0, 0.1) is 19.8 Å². The van der Waals surface area contributed by atoms with E-state index in [0.717, 1.165) is 24.5 Å². The van der Waals surface area contributed by atoms with Crippen LogP contribution < -0.4 is 5.32 Å². The van der Waals surface area contributed by atoms with E-state index < -0.39 is 0 Å². The van der Waals surface area contributed by atoms with Gasteiger partial charge in [0.1, 0.15) is 18.3 Å². The Morgan fingerprint density at radius 3 is 2.83 bits per heavy atom. The number of carbonyl (C=O) groups is 2. The highest BCUT2D eigenvalue weighted by Gasteiger charge is 2.28. The Balaban J connectivity index is 1.78. The van der Waals surface area contributed by atoms with Gasteiger partial charge in [-0.2, -0.15) is 5.10 Å². The van der Waals surface area contributed by atoms with Crippen LogP contribution in [0.3, 0.4) is 0 Å². The standard InChI is InChI=1S/C15H25N5O3/c1-11-17-12(2)20(18-11)8-6-16-15(22)13-5-4-7-19(9-13)14(21)10-23-3/h13H,4-10H2,1-3H3,(H,16,22)/t13-/m0/s1. The molecule has 0 saturated carbocycles. The number of hydrogen-bond donors (Lipinski definition) is 1. The molecule has 1 saturated heterocycles. The predicted octanol–water partition coefficient (Wildman–Crippen LogP) is -0.104. The van der Waals surface area contributed by atoms with Crippen molar-refractivity contribution >= 4 is 11.8 Å². The Hall–Kier alpha value is -1.96. The highest BCUT2D eigenvalue weighted by Crippen LogP contribution is 2.16. The van der Waals surface area contributed by atoms with Crippen LogP contribution in [0.1, 0.15) is 24.5 Å². The number of carbonyl (C=O) groups excluding carboxylic acids is 2. The van der Waals surface area contributed by atoms with Gasteiger partial charge >= 0.3 is 0 Å². The molecule has 1 aromatic heterocycles.